The van der Waals surface area contributed by atoms with Gasteiger partial charge in [-0.25, -0.2) is 4.79 Å². The highest BCUT2D eigenvalue weighted by Crippen LogP contribution is 2.20. The predicted octanol–water partition coefficient (Wildman–Crippen LogP) is 1.07. The van der Waals surface area contributed by atoms with Crippen LogP contribution in [0.3, 0.4) is 0 Å². The minimum Gasteiger partial charge on any atom is -0.481 e. The zero-order chi connectivity index (χ0) is 13.7. The molecule has 0 bridgehead atoms. The molecule has 2 unspecified atom stereocenters. The van der Waals surface area contributed by atoms with E-state index in [4.69, 9.17) is 5.11 Å². The van der Waals surface area contributed by atoms with E-state index in [9.17, 15) is 14.4 Å². The fraction of sp³-hybridized carbons (Fsp3) is 0.750. The lowest BCUT2D eigenvalue weighted by Gasteiger charge is -2.34. The van der Waals surface area contributed by atoms with Gasteiger partial charge < -0.3 is 10.0 Å². The Balaban J connectivity index is 2.39. The standard InChI is InChI=1S/C12H20N2O4/c1-8-5-9(2)7-14(6-8)12(18)13-10(15)3-4-11(16)17/h8-9H,3-7H2,1-2H3,(H,16,17)(H,13,15,18). The summed E-state index contributed by atoms with van der Waals surface area (Å²) in [7, 11) is 0. The van der Waals surface area contributed by atoms with Crippen molar-refractivity contribution < 1.29 is 19.5 Å². The van der Waals surface area contributed by atoms with Crippen molar-refractivity contribution in [1.82, 2.24) is 10.2 Å². The fourth-order valence-electron chi connectivity index (χ4n) is 2.31. The summed E-state index contributed by atoms with van der Waals surface area (Å²) in [6, 6.07) is -0.413. The van der Waals surface area contributed by atoms with Crippen molar-refractivity contribution in [2.24, 2.45) is 11.8 Å². The van der Waals surface area contributed by atoms with Gasteiger partial charge >= 0.3 is 12.0 Å². The Morgan fingerprint density at radius 1 is 1.17 bits per heavy atom. The molecule has 18 heavy (non-hydrogen) atoms. The second-order valence-corrected chi connectivity index (χ2v) is 5.10. The number of piperidine rings is 1. The van der Waals surface area contributed by atoms with Gasteiger partial charge in [-0.3, -0.25) is 14.9 Å². The topological polar surface area (TPSA) is 86.7 Å². The lowest BCUT2D eigenvalue weighted by Crippen LogP contribution is -2.49. The van der Waals surface area contributed by atoms with Crippen molar-refractivity contribution in [3.63, 3.8) is 0 Å². The van der Waals surface area contributed by atoms with Gasteiger partial charge in [-0.1, -0.05) is 13.8 Å². The van der Waals surface area contributed by atoms with Gasteiger partial charge in [0.2, 0.25) is 5.91 Å². The molecule has 102 valence electrons. The smallest absolute Gasteiger partial charge is 0.324 e. The highest BCUT2D eigenvalue weighted by Gasteiger charge is 2.26. The second kappa shape index (κ2) is 6.37. The third-order valence-corrected chi connectivity index (χ3v) is 2.97. The first kappa shape index (κ1) is 14.5. The van der Waals surface area contributed by atoms with Crippen LogP contribution in [-0.2, 0) is 9.59 Å². The second-order valence-electron chi connectivity index (χ2n) is 5.10. The monoisotopic (exact) mass is 256 g/mol. The summed E-state index contributed by atoms with van der Waals surface area (Å²) in [6.07, 6.45) is 0.655. The van der Waals surface area contributed by atoms with E-state index in [2.05, 4.69) is 19.2 Å². The largest absolute Gasteiger partial charge is 0.481 e. The first-order valence-corrected chi connectivity index (χ1v) is 6.19. The Bertz CT molecular complexity index is 333. The van der Waals surface area contributed by atoms with Crippen LogP contribution >= 0.6 is 0 Å². The van der Waals surface area contributed by atoms with Crippen LogP contribution in [0.25, 0.3) is 0 Å². The van der Waals surface area contributed by atoms with E-state index in [1.807, 2.05) is 0 Å². The summed E-state index contributed by atoms with van der Waals surface area (Å²) in [4.78, 5) is 35.1. The molecule has 0 aromatic rings. The number of urea groups is 1. The average molecular weight is 256 g/mol. The van der Waals surface area contributed by atoms with Crippen LogP contribution in [0, 0.1) is 11.8 Å². The molecule has 0 saturated carbocycles. The number of carboxylic acid groups (broad SMARTS) is 1. The molecule has 0 radical (unpaired) electrons. The maximum absolute atomic E-state index is 11.8. The van der Waals surface area contributed by atoms with Gasteiger partial charge in [0.1, 0.15) is 0 Å². The van der Waals surface area contributed by atoms with Crippen LogP contribution in [0.4, 0.5) is 4.79 Å². The maximum Gasteiger partial charge on any atom is 0.324 e. The van der Waals surface area contributed by atoms with Gasteiger partial charge in [-0.2, -0.15) is 0 Å². The Morgan fingerprint density at radius 2 is 1.72 bits per heavy atom. The molecule has 1 aliphatic heterocycles. The SMILES string of the molecule is CC1CC(C)CN(C(=O)NC(=O)CCC(=O)O)C1. The lowest BCUT2D eigenvalue weighted by molar-refractivity contribution is -0.138. The molecule has 0 spiro atoms. The van der Waals surface area contributed by atoms with Crippen LogP contribution in [0.5, 0.6) is 0 Å². The highest BCUT2D eigenvalue weighted by atomic mass is 16.4. The van der Waals surface area contributed by atoms with Crippen molar-refractivity contribution >= 4 is 17.9 Å². The number of nitrogens with one attached hydrogen (secondary N) is 1. The molecule has 6 nitrogen and oxygen atoms in total. The quantitative estimate of drug-likeness (QED) is 0.790. The van der Waals surface area contributed by atoms with Crippen LogP contribution in [0.15, 0.2) is 0 Å². The van der Waals surface area contributed by atoms with Crippen molar-refractivity contribution in [2.75, 3.05) is 13.1 Å². The third kappa shape index (κ3) is 4.73. The summed E-state index contributed by atoms with van der Waals surface area (Å²) in [5, 5.41) is 10.7. The van der Waals surface area contributed by atoms with E-state index in [0.717, 1.165) is 6.42 Å². The number of imide groups is 1. The molecule has 0 aliphatic carbocycles. The molecule has 6 heteroatoms. The molecule has 1 heterocycles. The maximum atomic E-state index is 11.8. The van der Waals surface area contributed by atoms with Crippen LogP contribution in [-0.4, -0.2) is 41.0 Å². The van der Waals surface area contributed by atoms with Gasteiger partial charge in [0.05, 0.1) is 6.42 Å². The number of aliphatic carboxylic acids is 1. The first-order chi connectivity index (χ1) is 8.38. The first-order valence-electron chi connectivity index (χ1n) is 6.19. The van der Waals surface area contributed by atoms with Crippen molar-refractivity contribution in [1.29, 1.82) is 0 Å². The Hall–Kier alpha value is -1.59. The molecule has 0 aromatic carbocycles. The minimum atomic E-state index is -1.04. The van der Waals surface area contributed by atoms with E-state index >= 15 is 0 Å². The summed E-state index contributed by atoms with van der Waals surface area (Å²) in [6.45, 7) is 5.43. The molecular formula is C12H20N2O4. The van der Waals surface area contributed by atoms with Gasteiger partial charge in [-0.15, -0.1) is 0 Å². The number of carboxylic acids is 1. The van der Waals surface area contributed by atoms with Crippen molar-refractivity contribution in [2.45, 2.75) is 33.1 Å². The molecule has 3 amide bonds. The Labute approximate surface area is 106 Å². The minimum absolute atomic E-state index is 0.167. The molecule has 1 fully saturated rings. The number of amides is 3. The fourth-order valence-corrected chi connectivity index (χ4v) is 2.31. The molecule has 0 aromatic heterocycles. The van der Waals surface area contributed by atoms with E-state index < -0.39 is 17.9 Å². The number of hydrogen-bond acceptors (Lipinski definition) is 3. The predicted molar refractivity (Wildman–Crippen MR) is 64.9 cm³/mol. The van der Waals surface area contributed by atoms with Crippen molar-refractivity contribution in [3.8, 4) is 0 Å². The van der Waals surface area contributed by atoms with E-state index in [0.29, 0.717) is 24.9 Å². The van der Waals surface area contributed by atoms with Crippen LogP contribution in [0.1, 0.15) is 33.1 Å². The van der Waals surface area contributed by atoms with E-state index in [1.54, 1.807) is 4.90 Å². The molecule has 2 atom stereocenters. The van der Waals surface area contributed by atoms with Gasteiger partial charge in [-0.05, 0) is 18.3 Å². The number of rotatable bonds is 3. The molecule has 1 aliphatic rings. The van der Waals surface area contributed by atoms with Crippen LogP contribution in [0.2, 0.25) is 0 Å². The highest BCUT2D eigenvalue weighted by molar-refractivity contribution is 5.95. The lowest BCUT2D eigenvalue weighted by atomic mass is 9.92. The zero-order valence-corrected chi connectivity index (χ0v) is 10.8. The Kier molecular flexibility index (Phi) is 5.12. The van der Waals surface area contributed by atoms with Gasteiger partial charge in [0.15, 0.2) is 0 Å². The number of likely N-dealkylation sites (tertiary alicyclic amines) is 1. The zero-order valence-electron chi connectivity index (χ0n) is 10.8. The number of nitrogens with zero attached hydrogens (tertiary/aromatic N) is 1. The normalized spacial score (nSPS) is 23.6. The third-order valence-electron chi connectivity index (χ3n) is 2.97. The van der Waals surface area contributed by atoms with Gasteiger partial charge in [0.25, 0.3) is 0 Å². The van der Waals surface area contributed by atoms with Crippen LogP contribution < -0.4 is 5.32 Å². The Morgan fingerprint density at radius 3 is 2.22 bits per heavy atom. The average Bonchev–Trinajstić information content (AvgIpc) is 2.25. The molecule has 1 rings (SSSR count). The van der Waals surface area contributed by atoms with E-state index in [1.165, 1.54) is 0 Å². The number of carbonyl (C=O) groups excluding carboxylic acids is 2. The molecule has 2 N–H and O–H groups in total. The number of hydrogen-bond donors (Lipinski definition) is 2. The molecule has 1 saturated heterocycles. The number of carbonyl (C=O) groups is 3. The molecular weight excluding hydrogens is 236 g/mol. The van der Waals surface area contributed by atoms with E-state index in [-0.39, 0.29) is 12.8 Å². The van der Waals surface area contributed by atoms with Crippen molar-refractivity contribution in [3.05, 3.63) is 0 Å². The summed E-state index contributed by atoms with van der Waals surface area (Å²) < 4.78 is 0. The summed E-state index contributed by atoms with van der Waals surface area (Å²) >= 11 is 0. The summed E-state index contributed by atoms with van der Waals surface area (Å²) in [5.74, 6) is -0.728. The van der Waals surface area contributed by atoms with Gasteiger partial charge in [0, 0.05) is 19.5 Å². The summed E-state index contributed by atoms with van der Waals surface area (Å²) in [5.41, 5.74) is 0.